The van der Waals surface area contributed by atoms with Gasteiger partial charge >= 0.3 is 6.18 Å². The van der Waals surface area contributed by atoms with Crippen molar-refractivity contribution in [2.75, 3.05) is 11.3 Å². The highest BCUT2D eigenvalue weighted by Gasteiger charge is 2.30. The summed E-state index contributed by atoms with van der Waals surface area (Å²) in [6.07, 6.45) is -3.39. The minimum Gasteiger partial charge on any atom is -0.337 e. The average molecular weight is 412 g/mol. The van der Waals surface area contributed by atoms with Crippen molar-refractivity contribution in [3.8, 4) is 0 Å². The summed E-state index contributed by atoms with van der Waals surface area (Å²) >= 11 is 0. The maximum atomic E-state index is 12.2. The molecule has 0 atom stereocenters. The van der Waals surface area contributed by atoms with Crippen LogP contribution in [0, 0.1) is 6.92 Å². The van der Waals surface area contributed by atoms with Gasteiger partial charge in [-0.1, -0.05) is 0 Å². The van der Waals surface area contributed by atoms with Gasteiger partial charge in [-0.05, 0) is 31.2 Å². The van der Waals surface area contributed by atoms with Gasteiger partial charge in [-0.2, -0.15) is 21.6 Å². The number of aromatic nitrogens is 2. The quantitative estimate of drug-likeness (QED) is 0.745. The summed E-state index contributed by atoms with van der Waals surface area (Å²) in [5.41, 5.74) is 0.0306. The van der Waals surface area contributed by atoms with Crippen molar-refractivity contribution in [1.29, 1.82) is 0 Å². The molecule has 26 heavy (non-hydrogen) atoms. The van der Waals surface area contributed by atoms with Crippen LogP contribution < -0.4 is 9.44 Å². The van der Waals surface area contributed by atoms with Gasteiger partial charge in [-0.25, -0.2) is 18.1 Å². The SMILES string of the molecule is Cc1nc(S(=O)(=O)Nc2ccc(S(=O)(=O)NCC(F)(F)F)cc2)cn1C. The number of hydrogen-bond acceptors (Lipinski definition) is 5. The molecular formula is C13H15F3N4O4S2. The highest BCUT2D eigenvalue weighted by molar-refractivity contribution is 7.92. The number of nitrogens with zero attached hydrogens (tertiary/aromatic N) is 2. The summed E-state index contributed by atoms with van der Waals surface area (Å²) in [4.78, 5) is 3.45. The van der Waals surface area contributed by atoms with Crippen LogP contribution in [0.2, 0.25) is 0 Å². The van der Waals surface area contributed by atoms with Crippen molar-refractivity contribution in [2.45, 2.75) is 23.0 Å². The molecule has 0 fully saturated rings. The van der Waals surface area contributed by atoms with E-state index in [9.17, 15) is 30.0 Å². The van der Waals surface area contributed by atoms with Crippen LogP contribution in [0.4, 0.5) is 18.9 Å². The minimum atomic E-state index is -4.69. The zero-order chi connectivity index (χ0) is 19.8. The van der Waals surface area contributed by atoms with E-state index in [1.54, 1.807) is 14.0 Å². The fourth-order valence-electron chi connectivity index (χ4n) is 1.83. The zero-order valence-corrected chi connectivity index (χ0v) is 15.2. The monoisotopic (exact) mass is 412 g/mol. The number of sulfonamides is 2. The summed E-state index contributed by atoms with van der Waals surface area (Å²) < 4.78 is 89.5. The Bertz CT molecular complexity index is 978. The molecule has 1 aromatic carbocycles. The van der Waals surface area contributed by atoms with Gasteiger partial charge in [0.05, 0.1) is 4.90 Å². The highest BCUT2D eigenvalue weighted by atomic mass is 32.2. The number of anilines is 1. The Labute approximate surface area is 148 Å². The fourth-order valence-corrected chi connectivity index (χ4v) is 3.94. The molecule has 144 valence electrons. The molecule has 0 spiro atoms. The van der Waals surface area contributed by atoms with Crippen LogP contribution in [-0.2, 0) is 27.1 Å². The summed E-state index contributed by atoms with van der Waals surface area (Å²) in [5, 5.41) is -0.221. The Balaban J connectivity index is 2.17. The van der Waals surface area contributed by atoms with E-state index in [1.165, 1.54) is 15.5 Å². The Hall–Kier alpha value is -2.12. The van der Waals surface area contributed by atoms with Crippen LogP contribution in [-0.4, -0.2) is 39.1 Å². The Kier molecular flexibility index (Phi) is 5.35. The van der Waals surface area contributed by atoms with Gasteiger partial charge in [0.15, 0.2) is 5.03 Å². The third kappa shape index (κ3) is 4.95. The molecular weight excluding hydrogens is 397 g/mol. The molecule has 0 bridgehead atoms. The molecule has 2 rings (SSSR count). The van der Waals surface area contributed by atoms with E-state index in [4.69, 9.17) is 0 Å². The summed E-state index contributed by atoms with van der Waals surface area (Å²) in [6, 6.07) is 4.21. The maximum absolute atomic E-state index is 12.2. The lowest BCUT2D eigenvalue weighted by Crippen LogP contribution is -2.33. The number of alkyl halides is 3. The Morgan fingerprint density at radius 1 is 1.08 bits per heavy atom. The second kappa shape index (κ2) is 6.89. The second-order valence-corrected chi connectivity index (χ2v) is 8.70. The minimum absolute atomic E-state index is 0.0306. The van der Waals surface area contributed by atoms with Crippen LogP contribution >= 0.6 is 0 Å². The summed E-state index contributed by atoms with van der Waals surface area (Å²) in [6.45, 7) is -0.0879. The number of benzene rings is 1. The van der Waals surface area contributed by atoms with Gasteiger partial charge in [-0.15, -0.1) is 0 Å². The van der Waals surface area contributed by atoms with Crippen molar-refractivity contribution in [2.24, 2.45) is 7.05 Å². The predicted molar refractivity (Wildman–Crippen MR) is 86.4 cm³/mol. The molecule has 0 amide bonds. The van der Waals surface area contributed by atoms with E-state index in [0.717, 1.165) is 24.3 Å². The molecule has 13 heteroatoms. The van der Waals surface area contributed by atoms with E-state index in [2.05, 4.69) is 9.71 Å². The van der Waals surface area contributed by atoms with E-state index in [1.807, 2.05) is 0 Å². The molecule has 1 heterocycles. The van der Waals surface area contributed by atoms with E-state index >= 15 is 0 Å². The molecule has 0 saturated carbocycles. The average Bonchev–Trinajstić information content (AvgIpc) is 2.85. The second-order valence-electron chi connectivity index (χ2n) is 5.31. The Morgan fingerprint density at radius 3 is 2.12 bits per heavy atom. The summed E-state index contributed by atoms with van der Waals surface area (Å²) in [5.74, 6) is 0.475. The Morgan fingerprint density at radius 2 is 1.65 bits per heavy atom. The molecule has 0 radical (unpaired) electrons. The van der Waals surface area contributed by atoms with Gasteiger partial charge in [0, 0.05) is 18.9 Å². The molecule has 2 N–H and O–H groups in total. The first kappa shape index (κ1) is 20.2. The molecule has 0 unspecified atom stereocenters. The van der Waals surface area contributed by atoms with Gasteiger partial charge in [0.25, 0.3) is 10.0 Å². The van der Waals surface area contributed by atoms with E-state index in [0.29, 0.717) is 5.82 Å². The molecule has 8 nitrogen and oxygen atoms in total. The van der Waals surface area contributed by atoms with Gasteiger partial charge in [0.1, 0.15) is 12.4 Å². The lowest BCUT2D eigenvalue weighted by Gasteiger charge is -2.10. The maximum Gasteiger partial charge on any atom is 0.402 e. The molecule has 0 aliphatic rings. The van der Waals surface area contributed by atoms with Gasteiger partial charge in [0.2, 0.25) is 10.0 Å². The molecule has 0 aliphatic carbocycles. The number of nitrogens with one attached hydrogen (secondary N) is 2. The predicted octanol–water partition coefficient (Wildman–Crippen LogP) is 1.37. The highest BCUT2D eigenvalue weighted by Crippen LogP contribution is 2.19. The molecule has 2 aromatic rings. The number of imidazole rings is 1. The third-order valence-corrected chi connectivity index (χ3v) is 5.91. The topological polar surface area (TPSA) is 110 Å². The molecule has 0 saturated heterocycles. The van der Waals surface area contributed by atoms with Crippen LogP contribution in [0.5, 0.6) is 0 Å². The van der Waals surface area contributed by atoms with E-state index < -0.39 is 37.7 Å². The smallest absolute Gasteiger partial charge is 0.337 e. The van der Waals surface area contributed by atoms with Crippen LogP contribution in [0.15, 0.2) is 40.4 Å². The van der Waals surface area contributed by atoms with Crippen molar-refractivity contribution in [3.63, 3.8) is 0 Å². The molecule has 0 aliphatic heterocycles. The third-order valence-electron chi connectivity index (χ3n) is 3.24. The number of aryl methyl sites for hydroxylation is 2. The largest absolute Gasteiger partial charge is 0.402 e. The van der Waals surface area contributed by atoms with Crippen molar-refractivity contribution in [1.82, 2.24) is 14.3 Å². The zero-order valence-electron chi connectivity index (χ0n) is 13.6. The standard InChI is InChI=1S/C13H15F3N4O4S2/c1-9-18-12(7-20(9)2)26(23,24)19-10-3-5-11(6-4-10)25(21,22)17-8-13(14,15)16/h3-7,17,19H,8H2,1-2H3. The van der Waals surface area contributed by atoms with Crippen molar-refractivity contribution in [3.05, 3.63) is 36.3 Å². The number of halogens is 3. The first-order valence-electron chi connectivity index (χ1n) is 6.99. The number of rotatable bonds is 6. The van der Waals surface area contributed by atoms with Gasteiger partial charge in [-0.3, -0.25) is 4.72 Å². The lowest BCUT2D eigenvalue weighted by molar-refractivity contribution is -0.121. The van der Waals surface area contributed by atoms with Crippen LogP contribution in [0.3, 0.4) is 0 Å². The molecule has 1 aromatic heterocycles. The van der Waals surface area contributed by atoms with Crippen molar-refractivity contribution < 1.29 is 30.0 Å². The first-order valence-corrected chi connectivity index (χ1v) is 9.96. The summed E-state index contributed by atoms with van der Waals surface area (Å²) in [7, 11) is -6.74. The van der Waals surface area contributed by atoms with E-state index in [-0.39, 0.29) is 10.7 Å². The first-order chi connectivity index (χ1) is 11.8. The van der Waals surface area contributed by atoms with Crippen LogP contribution in [0.25, 0.3) is 0 Å². The normalized spacial score (nSPS) is 13.0. The fraction of sp³-hybridized carbons (Fsp3) is 0.308. The lowest BCUT2D eigenvalue weighted by atomic mass is 10.3. The van der Waals surface area contributed by atoms with Crippen LogP contribution in [0.1, 0.15) is 5.82 Å². The van der Waals surface area contributed by atoms with Crippen molar-refractivity contribution >= 4 is 25.7 Å². The van der Waals surface area contributed by atoms with Gasteiger partial charge < -0.3 is 4.57 Å². The number of hydrogen-bond donors (Lipinski definition) is 2.